The van der Waals surface area contributed by atoms with Crippen LogP contribution in [-0.4, -0.2) is 18.0 Å². The SMILES string of the molecule is CC(C)(C)[Si]1(c2ccccc2)C(c2ccc(-c3cccc4ccccc34)nc2)=C(c2ccccc2)C(c2ccccc2)=C1c1ccc(-c2cccc3ccccc23)nc1. The van der Waals surface area contributed by atoms with Crippen LogP contribution in [0.5, 0.6) is 0 Å². The number of hydrogen-bond donors (Lipinski definition) is 0. The quantitative estimate of drug-likeness (QED) is 0.151. The van der Waals surface area contributed by atoms with Crippen molar-refractivity contribution in [2.75, 3.05) is 0 Å². The lowest BCUT2D eigenvalue weighted by Gasteiger charge is -2.45. The van der Waals surface area contributed by atoms with Crippen LogP contribution >= 0.6 is 0 Å². The van der Waals surface area contributed by atoms with E-state index >= 15 is 0 Å². The summed E-state index contributed by atoms with van der Waals surface area (Å²) in [5.74, 6) is 0. The molecule has 10 rings (SSSR count). The maximum atomic E-state index is 5.34. The highest BCUT2D eigenvalue weighted by atomic mass is 28.3. The maximum absolute atomic E-state index is 5.34. The Balaban J connectivity index is 1.28. The summed E-state index contributed by atoms with van der Waals surface area (Å²) in [6.07, 6.45) is 4.30. The van der Waals surface area contributed by atoms with Crippen LogP contribution in [0.1, 0.15) is 43.0 Å². The Kier molecular flexibility index (Phi) is 9.11. The van der Waals surface area contributed by atoms with E-state index in [0.717, 1.165) is 33.6 Å². The molecule has 7 aromatic carbocycles. The minimum absolute atomic E-state index is 0.196. The topological polar surface area (TPSA) is 25.8 Å². The van der Waals surface area contributed by atoms with E-state index in [2.05, 4.69) is 233 Å². The highest BCUT2D eigenvalue weighted by Gasteiger charge is 2.58. The summed E-state index contributed by atoms with van der Waals surface area (Å²) in [5, 5.41) is 8.77. The first-order chi connectivity index (χ1) is 28.9. The summed E-state index contributed by atoms with van der Waals surface area (Å²) in [6.45, 7) is 7.37. The molecular formula is C56H44N2Si. The zero-order valence-electron chi connectivity index (χ0n) is 33.6. The van der Waals surface area contributed by atoms with Gasteiger partial charge in [0.15, 0.2) is 8.07 Å². The average molecular weight is 773 g/mol. The Labute approximate surface area is 347 Å². The molecule has 0 bridgehead atoms. The number of aromatic nitrogens is 2. The molecule has 0 radical (unpaired) electrons. The van der Waals surface area contributed by atoms with Crippen LogP contribution in [0.2, 0.25) is 5.04 Å². The summed E-state index contributed by atoms with van der Waals surface area (Å²) in [7, 11) is -3.04. The average Bonchev–Trinajstić information content (AvgIpc) is 3.63. The van der Waals surface area contributed by atoms with Crippen LogP contribution in [0.15, 0.2) is 213 Å². The van der Waals surface area contributed by atoms with E-state index in [1.165, 1.54) is 59.4 Å². The molecule has 2 aromatic heterocycles. The Bertz CT molecular complexity index is 2840. The molecule has 0 spiro atoms. The predicted octanol–water partition coefficient (Wildman–Crippen LogP) is 13.9. The first-order valence-corrected chi connectivity index (χ1v) is 22.5. The van der Waals surface area contributed by atoms with Crippen LogP contribution in [-0.2, 0) is 0 Å². The molecule has 0 fully saturated rings. The lowest BCUT2D eigenvalue weighted by Crippen LogP contribution is -2.56. The third kappa shape index (κ3) is 6.09. The van der Waals surface area contributed by atoms with E-state index in [-0.39, 0.29) is 5.04 Å². The van der Waals surface area contributed by atoms with E-state index in [9.17, 15) is 0 Å². The zero-order chi connectivity index (χ0) is 40.0. The van der Waals surface area contributed by atoms with Gasteiger partial charge >= 0.3 is 0 Å². The Hall–Kier alpha value is -6.94. The molecule has 3 heteroatoms. The molecule has 0 unspecified atom stereocenters. The van der Waals surface area contributed by atoms with Gasteiger partial charge in [0.25, 0.3) is 0 Å². The Morgan fingerprint density at radius 1 is 0.356 bits per heavy atom. The van der Waals surface area contributed by atoms with Crippen molar-refractivity contribution >= 4 is 56.3 Å². The molecule has 0 N–H and O–H groups in total. The van der Waals surface area contributed by atoms with E-state index in [4.69, 9.17) is 9.97 Å². The van der Waals surface area contributed by atoms with Gasteiger partial charge in [0.1, 0.15) is 0 Å². The second-order valence-corrected chi connectivity index (χ2v) is 21.1. The van der Waals surface area contributed by atoms with Crippen molar-refractivity contribution in [3.8, 4) is 22.5 Å². The molecule has 3 heterocycles. The van der Waals surface area contributed by atoms with Crippen molar-refractivity contribution in [3.63, 3.8) is 0 Å². The van der Waals surface area contributed by atoms with E-state index < -0.39 is 8.07 Å². The molecule has 0 amide bonds. The Morgan fingerprint density at radius 3 is 1.15 bits per heavy atom. The van der Waals surface area contributed by atoms with Gasteiger partial charge in [-0.2, -0.15) is 0 Å². The van der Waals surface area contributed by atoms with Gasteiger partial charge in [0, 0.05) is 23.5 Å². The summed E-state index contributed by atoms with van der Waals surface area (Å²) >= 11 is 0. The fraction of sp³-hybridized carbons (Fsp3) is 0.0714. The van der Waals surface area contributed by atoms with Crippen molar-refractivity contribution in [2.45, 2.75) is 25.8 Å². The van der Waals surface area contributed by atoms with Gasteiger partial charge in [-0.1, -0.05) is 209 Å². The summed E-state index contributed by atoms with van der Waals surface area (Å²) in [5.41, 5.74) is 11.5. The number of benzene rings is 7. The van der Waals surface area contributed by atoms with Gasteiger partial charge in [-0.15, -0.1) is 0 Å². The second kappa shape index (κ2) is 14.8. The van der Waals surface area contributed by atoms with Crippen LogP contribution in [0.25, 0.3) is 65.6 Å². The van der Waals surface area contributed by atoms with Crippen LogP contribution < -0.4 is 5.19 Å². The molecule has 9 aromatic rings. The number of nitrogens with zero attached hydrogens (tertiary/aromatic N) is 2. The number of fused-ring (bicyclic) bond motifs is 2. The zero-order valence-corrected chi connectivity index (χ0v) is 34.6. The minimum atomic E-state index is -3.04. The van der Waals surface area contributed by atoms with E-state index in [1.807, 2.05) is 0 Å². The molecule has 0 atom stereocenters. The maximum Gasteiger partial charge on any atom is 0.156 e. The van der Waals surface area contributed by atoms with Gasteiger partial charge in [-0.25, -0.2) is 0 Å². The number of allylic oxidation sites excluding steroid dienone is 2. The van der Waals surface area contributed by atoms with Gasteiger partial charge < -0.3 is 0 Å². The molecule has 2 nitrogen and oxygen atoms in total. The second-order valence-electron chi connectivity index (χ2n) is 16.5. The highest BCUT2D eigenvalue weighted by molar-refractivity contribution is 7.23. The van der Waals surface area contributed by atoms with Crippen molar-refractivity contribution in [3.05, 3.63) is 235 Å². The van der Waals surface area contributed by atoms with E-state index in [1.54, 1.807) is 0 Å². The smallest absolute Gasteiger partial charge is 0.156 e. The van der Waals surface area contributed by atoms with Gasteiger partial charge in [-0.05, 0) is 87.7 Å². The van der Waals surface area contributed by atoms with E-state index in [0.29, 0.717) is 0 Å². The van der Waals surface area contributed by atoms with Crippen LogP contribution in [0, 0.1) is 0 Å². The van der Waals surface area contributed by atoms with Crippen molar-refractivity contribution in [1.29, 1.82) is 0 Å². The first-order valence-electron chi connectivity index (χ1n) is 20.5. The molecule has 0 saturated carbocycles. The van der Waals surface area contributed by atoms with Gasteiger partial charge in [-0.3, -0.25) is 9.97 Å². The standard InChI is InChI=1S/C56H44N2Si/c1-56(2,3)59(45-27-11-6-12-28-45)54(43-33-35-50(57-37-43)48-31-17-25-39-19-13-15-29-46(39)48)52(41-21-7-4-8-22-41)53(42-23-9-5-10-24-42)55(59)44-34-36-51(58-38-44)49-32-18-26-40-20-14-16-30-47(40)49/h4-38H,1-3H3. The molecular weight excluding hydrogens is 729 g/mol. The summed E-state index contributed by atoms with van der Waals surface area (Å²) in [6, 6.07) is 72.7. The fourth-order valence-corrected chi connectivity index (χ4v) is 16.1. The lowest BCUT2D eigenvalue weighted by molar-refractivity contribution is 0.741. The molecule has 282 valence electrons. The third-order valence-corrected chi connectivity index (χ3v) is 18.2. The number of pyridine rings is 2. The highest BCUT2D eigenvalue weighted by Crippen LogP contribution is 2.62. The van der Waals surface area contributed by atoms with Crippen LogP contribution in [0.4, 0.5) is 0 Å². The molecule has 1 aliphatic rings. The largest absolute Gasteiger partial charge is 0.256 e. The number of rotatable bonds is 7. The normalized spacial score (nSPS) is 14.0. The molecule has 1 aliphatic heterocycles. The van der Waals surface area contributed by atoms with Crippen molar-refractivity contribution < 1.29 is 0 Å². The summed E-state index contributed by atoms with van der Waals surface area (Å²) in [4.78, 5) is 10.7. The fourth-order valence-electron chi connectivity index (χ4n) is 9.72. The monoisotopic (exact) mass is 772 g/mol. The van der Waals surface area contributed by atoms with Crippen molar-refractivity contribution in [1.82, 2.24) is 9.97 Å². The van der Waals surface area contributed by atoms with Gasteiger partial charge in [0.2, 0.25) is 0 Å². The molecule has 0 saturated heterocycles. The molecule has 0 aliphatic carbocycles. The summed E-state index contributed by atoms with van der Waals surface area (Å²) < 4.78 is 0. The number of hydrogen-bond acceptors (Lipinski definition) is 2. The Morgan fingerprint density at radius 2 is 0.746 bits per heavy atom. The minimum Gasteiger partial charge on any atom is -0.256 e. The third-order valence-electron chi connectivity index (χ3n) is 12.2. The molecule has 59 heavy (non-hydrogen) atoms. The van der Waals surface area contributed by atoms with Gasteiger partial charge in [0.05, 0.1) is 11.4 Å². The van der Waals surface area contributed by atoms with Crippen molar-refractivity contribution in [2.24, 2.45) is 0 Å². The van der Waals surface area contributed by atoms with Crippen LogP contribution in [0.3, 0.4) is 0 Å². The lowest BCUT2D eigenvalue weighted by atomic mass is 9.89. The predicted molar refractivity (Wildman–Crippen MR) is 252 cm³/mol. The first kappa shape index (κ1) is 36.4.